The van der Waals surface area contributed by atoms with Crippen molar-refractivity contribution in [2.24, 2.45) is 5.92 Å². The molecule has 6 nitrogen and oxygen atoms in total. The van der Waals surface area contributed by atoms with Crippen LogP contribution in [0.15, 0.2) is 78.9 Å². The summed E-state index contributed by atoms with van der Waals surface area (Å²) in [5.74, 6) is 1.67. The van der Waals surface area contributed by atoms with E-state index in [1.807, 2.05) is 12.1 Å². The first-order chi connectivity index (χ1) is 18.5. The summed E-state index contributed by atoms with van der Waals surface area (Å²) in [6.07, 6.45) is 0.0487. The number of ether oxygens (including phenoxy) is 2. The average Bonchev–Trinajstić information content (AvgIpc) is 2.93. The Kier molecular flexibility index (Phi) is 8.01. The number of carboxylic acid groups (broad SMARTS) is 1. The number of fused-ring (bicyclic) bond motifs is 3. The summed E-state index contributed by atoms with van der Waals surface area (Å²) in [6, 6.07) is 27.7. The third kappa shape index (κ3) is 5.42. The normalized spacial score (nSPS) is 24.5. The van der Waals surface area contributed by atoms with E-state index in [4.69, 9.17) is 9.47 Å². The predicted molar refractivity (Wildman–Crippen MR) is 149 cm³/mol. The molecule has 6 heteroatoms. The molecule has 3 aromatic rings. The lowest BCUT2D eigenvalue weighted by Crippen LogP contribution is -2.68. The van der Waals surface area contributed by atoms with Gasteiger partial charge in [-0.05, 0) is 41.0 Å². The maximum absolute atomic E-state index is 11.6. The summed E-state index contributed by atoms with van der Waals surface area (Å²) in [6.45, 7) is 5.90. The van der Waals surface area contributed by atoms with Crippen LogP contribution in [-0.4, -0.2) is 48.1 Å². The minimum absolute atomic E-state index is 0.0240. The molecular formula is C32H38N2O4. The zero-order chi connectivity index (χ0) is 26.6. The highest BCUT2D eigenvalue weighted by molar-refractivity contribution is 5.57. The van der Waals surface area contributed by atoms with Crippen molar-refractivity contribution in [3.8, 4) is 5.75 Å². The fraction of sp³-hybridized carbons (Fsp3) is 0.406. The number of benzene rings is 3. The molecule has 3 aromatic carbocycles. The lowest BCUT2D eigenvalue weighted by Gasteiger charge is -2.56. The molecule has 3 saturated heterocycles. The maximum atomic E-state index is 11.6. The SMILES string of the molecule is COc1ccc(C(C)C)cc1CN[C@H]1[C@H]2CCN(C(OC(=O)O)C2)[C@H]1C(c1ccccc1)c1ccccc1. The van der Waals surface area contributed by atoms with E-state index in [9.17, 15) is 9.90 Å². The summed E-state index contributed by atoms with van der Waals surface area (Å²) in [5, 5.41) is 13.5. The van der Waals surface area contributed by atoms with Gasteiger partial charge in [-0.1, -0.05) is 86.6 Å². The molecule has 200 valence electrons. The largest absolute Gasteiger partial charge is 0.507 e. The Morgan fingerprint density at radius 1 is 1.00 bits per heavy atom. The van der Waals surface area contributed by atoms with Crippen LogP contribution in [0.4, 0.5) is 4.79 Å². The first-order valence-electron chi connectivity index (χ1n) is 13.6. The number of nitrogens with zero attached hydrogens (tertiary/aromatic N) is 1. The second kappa shape index (κ2) is 11.6. The zero-order valence-corrected chi connectivity index (χ0v) is 22.4. The predicted octanol–water partition coefficient (Wildman–Crippen LogP) is 6.22. The molecule has 6 rings (SSSR count). The van der Waals surface area contributed by atoms with Crippen molar-refractivity contribution in [2.75, 3.05) is 13.7 Å². The molecule has 0 saturated carbocycles. The Hall–Kier alpha value is -3.35. The van der Waals surface area contributed by atoms with Crippen LogP contribution < -0.4 is 10.1 Å². The summed E-state index contributed by atoms with van der Waals surface area (Å²) in [5.41, 5.74) is 4.87. The van der Waals surface area contributed by atoms with Crippen molar-refractivity contribution in [3.05, 3.63) is 101 Å². The van der Waals surface area contributed by atoms with Gasteiger partial charge in [-0.2, -0.15) is 0 Å². The topological polar surface area (TPSA) is 71.0 Å². The smallest absolute Gasteiger partial charge is 0.496 e. The quantitative estimate of drug-likeness (QED) is 0.330. The van der Waals surface area contributed by atoms with Crippen molar-refractivity contribution < 1.29 is 19.4 Å². The van der Waals surface area contributed by atoms with Crippen LogP contribution in [0.1, 0.15) is 60.8 Å². The highest BCUT2D eigenvalue weighted by Crippen LogP contribution is 2.45. The number of methoxy groups -OCH3 is 1. The fourth-order valence-electron chi connectivity index (χ4n) is 6.47. The van der Waals surface area contributed by atoms with Crippen LogP contribution >= 0.6 is 0 Å². The monoisotopic (exact) mass is 514 g/mol. The van der Waals surface area contributed by atoms with Gasteiger partial charge in [-0.25, -0.2) is 4.79 Å². The van der Waals surface area contributed by atoms with E-state index < -0.39 is 12.4 Å². The van der Waals surface area contributed by atoms with Crippen molar-refractivity contribution in [1.82, 2.24) is 10.2 Å². The molecular weight excluding hydrogens is 476 g/mol. The Morgan fingerprint density at radius 2 is 1.66 bits per heavy atom. The van der Waals surface area contributed by atoms with Crippen molar-refractivity contribution in [1.29, 1.82) is 0 Å². The van der Waals surface area contributed by atoms with E-state index in [1.54, 1.807) is 7.11 Å². The first-order valence-corrected chi connectivity index (χ1v) is 13.6. The van der Waals surface area contributed by atoms with Gasteiger partial charge in [0.2, 0.25) is 0 Å². The van der Waals surface area contributed by atoms with Crippen LogP contribution in [0, 0.1) is 5.92 Å². The van der Waals surface area contributed by atoms with Crippen LogP contribution in [0.3, 0.4) is 0 Å². The Balaban J connectivity index is 1.53. The molecule has 2 N–H and O–H groups in total. The van der Waals surface area contributed by atoms with Crippen LogP contribution in [0.25, 0.3) is 0 Å². The van der Waals surface area contributed by atoms with Crippen molar-refractivity contribution in [3.63, 3.8) is 0 Å². The van der Waals surface area contributed by atoms with Gasteiger partial charge in [0.15, 0.2) is 6.23 Å². The molecule has 0 amide bonds. The van der Waals surface area contributed by atoms with E-state index in [0.29, 0.717) is 24.8 Å². The molecule has 3 heterocycles. The van der Waals surface area contributed by atoms with Gasteiger partial charge in [0, 0.05) is 43.1 Å². The van der Waals surface area contributed by atoms with E-state index >= 15 is 0 Å². The lowest BCUT2D eigenvalue weighted by molar-refractivity contribution is -0.139. The third-order valence-corrected chi connectivity index (χ3v) is 8.29. The zero-order valence-electron chi connectivity index (χ0n) is 22.4. The number of rotatable bonds is 9. The van der Waals surface area contributed by atoms with Crippen LogP contribution in [0.2, 0.25) is 0 Å². The Labute approximate surface area is 225 Å². The van der Waals surface area contributed by atoms with Gasteiger partial charge in [-0.15, -0.1) is 0 Å². The van der Waals surface area contributed by atoms with E-state index in [-0.39, 0.29) is 18.0 Å². The van der Waals surface area contributed by atoms with Crippen molar-refractivity contribution >= 4 is 6.16 Å². The molecule has 0 aliphatic carbocycles. The minimum atomic E-state index is -1.21. The highest BCUT2D eigenvalue weighted by atomic mass is 16.7. The molecule has 0 radical (unpaired) electrons. The Bertz CT molecular complexity index is 1180. The van der Waals surface area contributed by atoms with Crippen LogP contribution in [-0.2, 0) is 11.3 Å². The average molecular weight is 515 g/mol. The number of hydrogen-bond acceptors (Lipinski definition) is 5. The molecule has 0 spiro atoms. The highest BCUT2D eigenvalue weighted by Gasteiger charge is 2.51. The number of nitrogens with one attached hydrogen (secondary N) is 1. The van der Waals surface area contributed by atoms with Gasteiger partial charge in [0.05, 0.1) is 7.11 Å². The standard InChI is InChI=1S/C32H38N2O4/c1-21(2)24-14-15-27(37-3)26(18-24)20-33-30-25-16-17-34(28(19-25)38-32(35)36)31(30)29(22-10-6-4-7-11-22)23-12-8-5-9-13-23/h4-15,18,21,25,28-31,33H,16-17,19-20H2,1-3H3,(H,35,36)/t25-,28?,30-,31-/m0/s1. The molecule has 3 fully saturated rings. The fourth-order valence-corrected chi connectivity index (χ4v) is 6.47. The summed E-state index contributed by atoms with van der Waals surface area (Å²) in [7, 11) is 1.72. The number of piperidine rings is 3. The number of carbonyl (C=O) groups is 1. The second-order valence-corrected chi connectivity index (χ2v) is 10.8. The number of hydrogen-bond donors (Lipinski definition) is 2. The molecule has 5 atom stereocenters. The molecule has 3 aliphatic heterocycles. The lowest BCUT2D eigenvalue weighted by atomic mass is 9.70. The second-order valence-electron chi connectivity index (χ2n) is 10.8. The summed E-state index contributed by atoms with van der Waals surface area (Å²) in [4.78, 5) is 13.9. The van der Waals surface area contributed by atoms with Gasteiger partial charge in [0.1, 0.15) is 5.75 Å². The molecule has 2 bridgehead atoms. The van der Waals surface area contributed by atoms with Gasteiger partial charge in [0.25, 0.3) is 0 Å². The van der Waals surface area contributed by atoms with E-state index in [2.05, 4.69) is 90.8 Å². The first kappa shape index (κ1) is 26.3. The molecule has 3 aliphatic rings. The summed E-state index contributed by atoms with van der Waals surface area (Å²) < 4.78 is 11.2. The van der Waals surface area contributed by atoms with Gasteiger partial charge >= 0.3 is 6.16 Å². The molecule has 0 aromatic heterocycles. The van der Waals surface area contributed by atoms with E-state index in [0.717, 1.165) is 24.3 Å². The molecule has 2 unspecified atom stereocenters. The van der Waals surface area contributed by atoms with Crippen molar-refractivity contribution in [2.45, 2.75) is 63.4 Å². The Morgan fingerprint density at radius 3 is 2.24 bits per heavy atom. The molecule has 38 heavy (non-hydrogen) atoms. The van der Waals surface area contributed by atoms with Gasteiger partial charge < -0.3 is 19.9 Å². The van der Waals surface area contributed by atoms with E-state index in [1.165, 1.54) is 16.7 Å². The summed E-state index contributed by atoms with van der Waals surface area (Å²) >= 11 is 0. The third-order valence-electron chi connectivity index (χ3n) is 8.29. The maximum Gasteiger partial charge on any atom is 0.507 e. The van der Waals surface area contributed by atoms with Gasteiger partial charge in [-0.3, -0.25) is 4.90 Å². The van der Waals surface area contributed by atoms with Crippen LogP contribution in [0.5, 0.6) is 5.75 Å². The minimum Gasteiger partial charge on any atom is -0.496 e.